The number of ether oxygens (including phenoxy) is 1. The first kappa shape index (κ1) is 14.6. The van der Waals surface area contributed by atoms with Gasteiger partial charge >= 0.3 is 0 Å². The molecule has 1 amide bonds. The van der Waals surface area contributed by atoms with E-state index in [4.69, 9.17) is 4.74 Å². The molecular weight excluding hydrogens is 298 g/mol. The topological polar surface area (TPSA) is 55.6 Å². The fraction of sp³-hybridized carbons (Fsp3) is 0.250. The van der Waals surface area contributed by atoms with E-state index in [-0.39, 0.29) is 5.91 Å². The summed E-state index contributed by atoms with van der Waals surface area (Å²) in [5, 5.41) is 4.92. The summed E-state index contributed by atoms with van der Waals surface area (Å²) >= 11 is 1.60. The number of rotatable bonds is 6. The van der Waals surface area contributed by atoms with Crippen LogP contribution in [0.3, 0.4) is 0 Å². The van der Waals surface area contributed by atoms with Crippen molar-refractivity contribution in [2.24, 2.45) is 0 Å². The summed E-state index contributed by atoms with van der Waals surface area (Å²) in [6, 6.07) is 7.27. The van der Waals surface area contributed by atoms with E-state index in [0.29, 0.717) is 30.9 Å². The number of fused-ring (bicyclic) bond motifs is 1. The molecule has 0 atom stereocenters. The number of nitrogens with zero attached hydrogens (tertiary/aromatic N) is 2. The Labute approximate surface area is 132 Å². The van der Waals surface area contributed by atoms with Crippen molar-refractivity contribution in [3.8, 4) is 5.75 Å². The van der Waals surface area contributed by atoms with Crippen LogP contribution in [0.5, 0.6) is 5.75 Å². The Morgan fingerprint density at radius 2 is 2.27 bits per heavy atom. The number of para-hydroxylation sites is 1. The van der Waals surface area contributed by atoms with Crippen LogP contribution >= 0.6 is 11.3 Å². The molecule has 0 bridgehead atoms. The largest absolute Gasteiger partial charge is 0.493 e. The molecule has 2 heterocycles. The molecule has 5 nitrogen and oxygen atoms in total. The zero-order valence-electron chi connectivity index (χ0n) is 12.3. The highest BCUT2D eigenvalue weighted by Crippen LogP contribution is 2.17. The minimum atomic E-state index is -0.120. The third-order valence-electron chi connectivity index (χ3n) is 3.24. The van der Waals surface area contributed by atoms with Crippen molar-refractivity contribution >= 4 is 22.2 Å². The molecule has 0 saturated carbocycles. The number of carbonyl (C=O) groups is 1. The van der Waals surface area contributed by atoms with Gasteiger partial charge in [0, 0.05) is 30.7 Å². The second-order valence-corrected chi connectivity index (χ2v) is 5.63. The Hall–Kier alpha value is -2.34. The highest BCUT2D eigenvalue weighted by molar-refractivity contribution is 7.15. The van der Waals surface area contributed by atoms with Gasteiger partial charge in [-0.15, -0.1) is 11.3 Å². The lowest BCUT2D eigenvalue weighted by Gasteiger charge is -2.09. The Balaban J connectivity index is 1.59. The van der Waals surface area contributed by atoms with E-state index in [1.165, 1.54) is 0 Å². The fourth-order valence-electron chi connectivity index (χ4n) is 2.23. The molecule has 1 aromatic carbocycles. The van der Waals surface area contributed by atoms with Crippen LogP contribution in [0.4, 0.5) is 0 Å². The third kappa shape index (κ3) is 3.12. The standard InChI is InChI=1S/C16H17N3O2S/c1-2-21-14-6-4-3-5-13(14)15(20)17-8-7-12-11-19-9-10-22-16(19)18-12/h3-6,9-11H,2,7-8H2,1H3,(H,17,20). The van der Waals surface area contributed by atoms with Crippen LogP contribution in [0.2, 0.25) is 0 Å². The normalized spacial score (nSPS) is 10.8. The Kier molecular flexibility index (Phi) is 4.39. The number of amides is 1. The molecule has 0 aliphatic rings. The van der Waals surface area contributed by atoms with Crippen LogP contribution < -0.4 is 10.1 Å². The molecule has 0 saturated heterocycles. The number of carbonyl (C=O) groups excluding carboxylic acids is 1. The van der Waals surface area contributed by atoms with Gasteiger partial charge in [0.2, 0.25) is 0 Å². The van der Waals surface area contributed by atoms with Crippen LogP contribution in [0.1, 0.15) is 23.0 Å². The molecule has 0 aliphatic carbocycles. The zero-order valence-corrected chi connectivity index (χ0v) is 13.1. The van der Waals surface area contributed by atoms with Crippen LogP contribution in [0.25, 0.3) is 4.96 Å². The average Bonchev–Trinajstić information content (AvgIpc) is 3.09. The molecule has 0 aliphatic heterocycles. The molecule has 3 rings (SSSR count). The Bertz CT molecular complexity index is 750. The molecule has 6 heteroatoms. The molecule has 0 spiro atoms. The molecule has 0 unspecified atom stereocenters. The lowest BCUT2D eigenvalue weighted by molar-refractivity contribution is 0.0950. The fourth-order valence-corrected chi connectivity index (χ4v) is 2.95. The highest BCUT2D eigenvalue weighted by atomic mass is 32.1. The summed E-state index contributed by atoms with van der Waals surface area (Å²) in [6.07, 6.45) is 4.68. The molecule has 3 aromatic rings. The van der Waals surface area contributed by atoms with E-state index < -0.39 is 0 Å². The van der Waals surface area contributed by atoms with E-state index in [9.17, 15) is 4.79 Å². The van der Waals surface area contributed by atoms with E-state index >= 15 is 0 Å². The van der Waals surface area contributed by atoms with E-state index in [0.717, 1.165) is 10.7 Å². The number of hydrogen-bond donors (Lipinski definition) is 1. The van der Waals surface area contributed by atoms with E-state index in [1.807, 2.05) is 47.3 Å². The van der Waals surface area contributed by atoms with Crippen LogP contribution in [-0.2, 0) is 6.42 Å². The first-order valence-electron chi connectivity index (χ1n) is 7.19. The smallest absolute Gasteiger partial charge is 0.255 e. The molecular formula is C16H17N3O2S. The number of imidazole rings is 1. The van der Waals surface area contributed by atoms with Crippen molar-refractivity contribution in [2.45, 2.75) is 13.3 Å². The van der Waals surface area contributed by atoms with Crippen molar-refractivity contribution in [2.75, 3.05) is 13.2 Å². The second kappa shape index (κ2) is 6.62. The molecule has 0 fully saturated rings. The number of nitrogens with one attached hydrogen (secondary N) is 1. The van der Waals surface area contributed by atoms with Gasteiger partial charge in [-0.1, -0.05) is 12.1 Å². The molecule has 22 heavy (non-hydrogen) atoms. The zero-order chi connectivity index (χ0) is 15.4. The van der Waals surface area contributed by atoms with Crippen molar-refractivity contribution in [3.63, 3.8) is 0 Å². The van der Waals surface area contributed by atoms with Crippen molar-refractivity contribution in [3.05, 3.63) is 53.3 Å². The monoisotopic (exact) mass is 315 g/mol. The molecule has 114 valence electrons. The van der Waals surface area contributed by atoms with E-state index in [1.54, 1.807) is 17.4 Å². The van der Waals surface area contributed by atoms with Gasteiger partial charge in [-0.3, -0.25) is 9.20 Å². The average molecular weight is 315 g/mol. The van der Waals surface area contributed by atoms with Gasteiger partial charge in [-0.05, 0) is 19.1 Å². The van der Waals surface area contributed by atoms with Gasteiger partial charge in [0.15, 0.2) is 4.96 Å². The molecule has 1 N–H and O–H groups in total. The summed E-state index contributed by atoms with van der Waals surface area (Å²) in [7, 11) is 0. The van der Waals surface area contributed by atoms with Crippen molar-refractivity contribution in [1.82, 2.24) is 14.7 Å². The van der Waals surface area contributed by atoms with Crippen molar-refractivity contribution < 1.29 is 9.53 Å². The van der Waals surface area contributed by atoms with Gasteiger partial charge < -0.3 is 10.1 Å². The first-order valence-corrected chi connectivity index (χ1v) is 8.07. The summed E-state index contributed by atoms with van der Waals surface area (Å²) in [5.74, 6) is 0.495. The van der Waals surface area contributed by atoms with Crippen LogP contribution in [0.15, 0.2) is 42.0 Å². The Morgan fingerprint density at radius 3 is 3.09 bits per heavy atom. The summed E-state index contributed by atoms with van der Waals surface area (Å²) < 4.78 is 7.47. The number of hydrogen-bond acceptors (Lipinski definition) is 4. The van der Waals surface area contributed by atoms with E-state index in [2.05, 4.69) is 10.3 Å². The van der Waals surface area contributed by atoms with Crippen LogP contribution in [-0.4, -0.2) is 28.4 Å². The maximum absolute atomic E-state index is 12.2. The quantitative estimate of drug-likeness (QED) is 0.761. The van der Waals surface area contributed by atoms with Gasteiger partial charge in [0.1, 0.15) is 5.75 Å². The Morgan fingerprint density at radius 1 is 1.41 bits per heavy atom. The minimum absolute atomic E-state index is 0.120. The molecule has 2 aromatic heterocycles. The maximum Gasteiger partial charge on any atom is 0.255 e. The number of thiazole rings is 1. The van der Waals surface area contributed by atoms with Gasteiger partial charge in [0.05, 0.1) is 17.9 Å². The summed E-state index contributed by atoms with van der Waals surface area (Å²) in [4.78, 5) is 17.7. The van der Waals surface area contributed by atoms with Crippen LogP contribution in [0, 0.1) is 0 Å². The number of aromatic nitrogens is 2. The van der Waals surface area contributed by atoms with Gasteiger partial charge in [0.25, 0.3) is 5.91 Å². The molecule has 0 radical (unpaired) electrons. The maximum atomic E-state index is 12.2. The van der Waals surface area contributed by atoms with Gasteiger partial charge in [-0.2, -0.15) is 0 Å². The lowest BCUT2D eigenvalue weighted by Crippen LogP contribution is -2.26. The highest BCUT2D eigenvalue weighted by Gasteiger charge is 2.11. The summed E-state index contributed by atoms with van der Waals surface area (Å²) in [6.45, 7) is 2.99. The minimum Gasteiger partial charge on any atom is -0.493 e. The van der Waals surface area contributed by atoms with Crippen molar-refractivity contribution in [1.29, 1.82) is 0 Å². The summed E-state index contributed by atoms with van der Waals surface area (Å²) in [5.41, 5.74) is 1.54. The third-order valence-corrected chi connectivity index (χ3v) is 4.01. The second-order valence-electron chi connectivity index (χ2n) is 4.76. The number of benzene rings is 1. The lowest BCUT2D eigenvalue weighted by atomic mass is 10.2. The predicted octanol–water partition coefficient (Wildman–Crippen LogP) is 2.77. The first-order chi connectivity index (χ1) is 10.8. The predicted molar refractivity (Wildman–Crippen MR) is 86.7 cm³/mol. The SMILES string of the molecule is CCOc1ccccc1C(=O)NCCc1cn2ccsc2n1. The van der Waals surface area contributed by atoms with Gasteiger partial charge in [-0.25, -0.2) is 4.98 Å².